The Morgan fingerprint density at radius 3 is 1.48 bits per heavy atom. The van der Waals surface area contributed by atoms with Crippen molar-refractivity contribution in [2.45, 2.75) is 50.6 Å². The van der Waals surface area contributed by atoms with Gasteiger partial charge in [-0.15, -0.1) is 0 Å². The molecular formula is C11H21F6N2O3P. The normalized spacial score (nSPS) is 15.1. The highest BCUT2D eigenvalue weighted by atomic mass is 31.2. The van der Waals surface area contributed by atoms with Crippen molar-refractivity contribution < 1.29 is 40.7 Å². The molecule has 0 aliphatic heterocycles. The Kier molecular flexibility index (Phi) is 7.15. The summed E-state index contributed by atoms with van der Waals surface area (Å²) in [6.07, 6.45) is -13.6. The van der Waals surface area contributed by atoms with Gasteiger partial charge in [-0.3, -0.25) is 0 Å². The van der Waals surface area contributed by atoms with Gasteiger partial charge in [0.25, 0.3) is 0 Å². The summed E-state index contributed by atoms with van der Waals surface area (Å²) in [4.78, 5) is 19.2. The predicted octanol–water partition coefficient (Wildman–Crippen LogP) is 2.99. The van der Waals surface area contributed by atoms with Gasteiger partial charge in [-0.25, -0.2) is 9.24 Å². The Bertz CT molecular complexity index is 416. The maximum absolute atomic E-state index is 12.8. The average Bonchev–Trinajstić information content (AvgIpc) is 2.18. The monoisotopic (exact) mass is 374 g/mol. The summed E-state index contributed by atoms with van der Waals surface area (Å²) in [6, 6.07) is -0.948. The Labute approximate surface area is 130 Å². The minimum absolute atomic E-state index is 0.352. The molecular weight excluding hydrogens is 353 g/mol. The number of halogens is 6. The van der Waals surface area contributed by atoms with Crippen molar-refractivity contribution in [3.63, 3.8) is 0 Å². The molecule has 0 fully saturated rings. The molecule has 0 aliphatic carbocycles. The Morgan fingerprint density at radius 1 is 0.957 bits per heavy atom. The second kappa shape index (κ2) is 7.26. The van der Waals surface area contributed by atoms with Crippen LogP contribution in [0.15, 0.2) is 0 Å². The molecule has 0 heterocycles. The van der Waals surface area contributed by atoms with Gasteiger partial charge in [0.1, 0.15) is 0 Å². The molecule has 140 valence electrons. The molecule has 5 nitrogen and oxygen atoms in total. The fourth-order valence-electron chi connectivity index (χ4n) is 2.26. The van der Waals surface area contributed by atoms with Gasteiger partial charge in [0, 0.05) is 12.6 Å². The third kappa shape index (κ3) is 7.84. The Hall–Kier alpha value is -0.350. The Morgan fingerprint density at radius 2 is 1.30 bits per heavy atom. The number of likely N-dealkylation sites (N-methyl/N-ethyl adjacent to an activating group) is 1. The van der Waals surface area contributed by atoms with Crippen LogP contribution in [0.2, 0.25) is 0 Å². The third-order valence-corrected chi connectivity index (χ3v) is 4.67. The van der Waals surface area contributed by atoms with E-state index in [0.29, 0.717) is 4.67 Å². The van der Waals surface area contributed by atoms with Crippen LogP contribution in [0.4, 0.5) is 26.3 Å². The SMILES string of the molecule is CC(C)N(CC(CC(F)(F)F)(CC(F)(F)F)N(C)C)P(=O)(O)O. The van der Waals surface area contributed by atoms with E-state index in [4.69, 9.17) is 0 Å². The van der Waals surface area contributed by atoms with Crippen LogP contribution in [-0.4, -0.2) is 63.9 Å². The molecule has 0 aromatic rings. The molecule has 12 heteroatoms. The van der Waals surface area contributed by atoms with Gasteiger partial charge in [0.15, 0.2) is 0 Å². The van der Waals surface area contributed by atoms with E-state index in [9.17, 15) is 40.7 Å². The topological polar surface area (TPSA) is 64.0 Å². The molecule has 0 aromatic heterocycles. The molecule has 23 heavy (non-hydrogen) atoms. The summed E-state index contributed by atoms with van der Waals surface area (Å²) < 4.78 is 88.8. The molecule has 2 N–H and O–H groups in total. The highest BCUT2D eigenvalue weighted by Crippen LogP contribution is 2.47. The molecule has 0 spiro atoms. The Balaban J connectivity index is 5.94. The highest BCUT2D eigenvalue weighted by Gasteiger charge is 2.52. The van der Waals surface area contributed by atoms with Crippen molar-refractivity contribution in [2.24, 2.45) is 0 Å². The van der Waals surface area contributed by atoms with Crippen molar-refractivity contribution in [3.05, 3.63) is 0 Å². The first-order valence-electron chi connectivity index (χ1n) is 6.53. The lowest BCUT2D eigenvalue weighted by Gasteiger charge is -2.45. The second-order valence-corrected chi connectivity index (χ2v) is 7.45. The first-order chi connectivity index (χ1) is 9.90. The molecule has 0 saturated carbocycles. The fourth-order valence-corrected chi connectivity index (χ4v) is 3.30. The van der Waals surface area contributed by atoms with Crippen LogP contribution in [0.3, 0.4) is 0 Å². The van der Waals surface area contributed by atoms with Crippen LogP contribution in [-0.2, 0) is 4.57 Å². The maximum Gasteiger partial charge on any atom is 0.403 e. The molecule has 0 radical (unpaired) electrons. The number of nitrogens with zero attached hydrogens (tertiary/aromatic N) is 2. The van der Waals surface area contributed by atoms with Crippen LogP contribution in [0, 0.1) is 0 Å². The number of rotatable bonds is 7. The van der Waals surface area contributed by atoms with Gasteiger partial charge in [0.05, 0.1) is 18.4 Å². The van der Waals surface area contributed by atoms with Crippen molar-refractivity contribution in [1.29, 1.82) is 0 Å². The third-order valence-electron chi connectivity index (χ3n) is 3.39. The summed E-state index contributed by atoms with van der Waals surface area (Å²) in [5, 5.41) is 0. The van der Waals surface area contributed by atoms with E-state index in [1.165, 1.54) is 13.8 Å². The lowest BCUT2D eigenvalue weighted by atomic mass is 9.88. The summed E-state index contributed by atoms with van der Waals surface area (Å²) in [5.41, 5.74) is -2.55. The summed E-state index contributed by atoms with van der Waals surface area (Å²) in [6.45, 7) is 1.47. The van der Waals surface area contributed by atoms with Crippen LogP contribution < -0.4 is 0 Å². The van der Waals surface area contributed by atoms with Crippen molar-refractivity contribution in [3.8, 4) is 0 Å². The van der Waals surface area contributed by atoms with Crippen LogP contribution >= 0.6 is 7.75 Å². The van der Waals surface area contributed by atoms with E-state index in [2.05, 4.69) is 0 Å². The molecule has 0 aromatic carbocycles. The average molecular weight is 374 g/mol. The first-order valence-corrected chi connectivity index (χ1v) is 8.10. The molecule has 0 amide bonds. The smallest absolute Gasteiger partial charge is 0.312 e. The van der Waals surface area contributed by atoms with Crippen LogP contribution in [0.25, 0.3) is 0 Å². The number of hydrogen-bond donors (Lipinski definition) is 2. The van der Waals surface area contributed by atoms with Crippen molar-refractivity contribution in [2.75, 3.05) is 20.6 Å². The van der Waals surface area contributed by atoms with Gasteiger partial charge in [0.2, 0.25) is 0 Å². The number of hydrogen-bond acceptors (Lipinski definition) is 2. The van der Waals surface area contributed by atoms with E-state index in [-0.39, 0.29) is 0 Å². The van der Waals surface area contributed by atoms with E-state index in [0.717, 1.165) is 19.0 Å². The van der Waals surface area contributed by atoms with Gasteiger partial charge in [-0.05, 0) is 27.9 Å². The summed E-state index contributed by atoms with van der Waals surface area (Å²) in [5.74, 6) is 0. The van der Waals surface area contributed by atoms with E-state index >= 15 is 0 Å². The van der Waals surface area contributed by atoms with E-state index < -0.39 is 51.1 Å². The van der Waals surface area contributed by atoms with Gasteiger partial charge in [-0.1, -0.05) is 0 Å². The molecule has 0 aliphatic rings. The zero-order valence-electron chi connectivity index (χ0n) is 13.1. The molecule has 0 rings (SSSR count). The number of alkyl halides is 6. The van der Waals surface area contributed by atoms with E-state index in [1.807, 2.05) is 0 Å². The summed E-state index contributed by atoms with van der Waals surface area (Å²) in [7, 11) is -2.98. The first kappa shape index (κ1) is 22.6. The lowest BCUT2D eigenvalue weighted by molar-refractivity contribution is -0.199. The largest absolute Gasteiger partial charge is 0.403 e. The molecule has 0 saturated heterocycles. The minimum atomic E-state index is -5.03. The molecule has 0 atom stereocenters. The van der Waals surface area contributed by atoms with Crippen LogP contribution in [0.1, 0.15) is 26.7 Å². The van der Waals surface area contributed by atoms with E-state index in [1.54, 1.807) is 0 Å². The lowest BCUT2D eigenvalue weighted by Crippen LogP contribution is -2.57. The quantitative estimate of drug-likeness (QED) is 0.530. The zero-order valence-corrected chi connectivity index (χ0v) is 14.0. The predicted molar refractivity (Wildman–Crippen MR) is 71.6 cm³/mol. The fraction of sp³-hybridized carbons (Fsp3) is 1.00. The second-order valence-electron chi connectivity index (χ2n) is 5.91. The zero-order chi connectivity index (χ0) is 18.9. The van der Waals surface area contributed by atoms with Crippen molar-refractivity contribution >= 4 is 7.75 Å². The molecule has 0 bridgehead atoms. The minimum Gasteiger partial charge on any atom is -0.312 e. The molecule has 0 unspecified atom stereocenters. The van der Waals surface area contributed by atoms with Gasteiger partial charge >= 0.3 is 20.1 Å². The standard InChI is InChI=1S/C11H21F6N2O3P/c1-8(2)19(23(20,21)22)7-9(18(3)4,5-10(12,13)14)6-11(15,16)17/h8H,5-7H2,1-4H3,(H2,20,21,22). The van der Waals surface area contributed by atoms with Gasteiger partial charge in [-0.2, -0.15) is 26.3 Å². The van der Waals surface area contributed by atoms with Crippen LogP contribution in [0.5, 0.6) is 0 Å². The highest BCUT2D eigenvalue weighted by molar-refractivity contribution is 7.49. The van der Waals surface area contributed by atoms with Gasteiger partial charge < -0.3 is 14.7 Å². The maximum atomic E-state index is 12.8. The summed E-state index contributed by atoms with van der Waals surface area (Å²) >= 11 is 0. The van der Waals surface area contributed by atoms with Crippen molar-refractivity contribution in [1.82, 2.24) is 9.57 Å².